The highest BCUT2D eigenvalue weighted by Gasteiger charge is 2.19. The number of rotatable bonds is 4. The van der Waals surface area contributed by atoms with Crippen LogP contribution in [0, 0.1) is 0 Å². The molecular weight excluding hydrogens is 266 g/mol. The van der Waals surface area contributed by atoms with Crippen LogP contribution in [0.1, 0.15) is 30.3 Å². The summed E-state index contributed by atoms with van der Waals surface area (Å²) in [5.41, 5.74) is -0.139. The smallest absolute Gasteiger partial charge is 0.360 e. The van der Waals surface area contributed by atoms with Gasteiger partial charge in [-0.25, -0.2) is 9.78 Å². The SMILES string of the molecule is CCCCOC(=O)c1nc(Cl)c2ccccc2c1O. The summed E-state index contributed by atoms with van der Waals surface area (Å²) in [5.74, 6) is -0.847. The molecule has 0 fully saturated rings. The van der Waals surface area contributed by atoms with Crippen molar-refractivity contribution in [3.05, 3.63) is 35.1 Å². The molecule has 1 heterocycles. The van der Waals surface area contributed by atoms with Crippen molar-refractivity contribution in [1.29, 1.82) is 0 Å². The molecule has 0 aliphatic heterocycles. The predicted molar refractivity (Wildman–Crippen MR) is 73.6 cm³/mol. The third-order valence-electron chi connectivity index (χ3n) is 2.76. The van der Waals surface area contributed by atoms with Gasteiger partial charge in [0, 0.05) is 10.8 Å². The molecule has 0 unspecified atom stereocenters. The number of carbonyl (C=O) groups excluding carboxylic acids is 1. The van der Waals surface area contributed by atoms with E-state index in [9.17, 15) is 9.90 Å². The number of benzene rings is 1. The van der Waals surface area contributed by atoms with Crippen LogP contribution in [0.3, 0.4) is 0 Å². The number of halogens is 1. The number of aromatic nitrogens is 1. The molecule has 0 saturated heterocycles. The summed E-state index contributed by atoms with van der Waals surface area (Å²) >= 11 is 6.01. The number of pyridine rings is 1. The topological polar surface area (TPSA) is 59.4 Å². The Balaban J connectivity index is 2.39. The molecule has 1 N–H and O–H groups in total. The van der Waals surface area contributed by atoms with Crippen LogP contribution >= 0.6 is 11.6 Å². The summed E-state index contributed by atoms with van der Waals surface area (Å²) in [5, 5.41) is 11.3. The van der Waals surface area contributed by atoms with Crippen LogP contribution in [0.4, 0.5) is 0 Å². The van der Waals surface area contributed by atoms with Crippen LogP contribution in [0.25, 0.3) is 10.8 Å². The predicted octanol–water partition coefficient (Wildman–Crippen LogP) is 3.55. The van der Waals surface area contributed by atoms with Crippen LogP contribution < -0.4 is 0 Å². The molecule has 0 aliphatic carbocycles. The second kappa shape index (κ2) is 5.89. The van der Waals surface area contributed by atoms with Gasteiger partial charge in [0.05, 0.1) is 6.61 Å². The van der Waals surface area contributed by atoms with Gasteiger partial charge >= 0.3 is 5.97 Å². The van der Waals surface area contributed by atoms with Gasteiger partial charge in [0.1, 0.15) is 5.15 Å². The van der Waals surface area contributed by atoms with E-state index in [1.165, 1.54) is 0 Å². The number of hydrogen-bond acceptors (Lipinski definition) is 4. The molecular formula is C14H14ClNO3. The third-order valence-corrected chi connectivity index (χ3v) is 3.05. The molecule has 0 amide bonds. The quantitative estimate of drug-likeness (QED) is 0.528. The van der Waals surface area contributed by atoms with Crippen molar-refractivity contribution in [2.75, 3.05) is 6.61 Å². The van der Waals surface area contributed by atoms with Crippen LogP contribution in [0.5, 0.6) is 5.75 Å². The van der Waals surface area contributed by atoms with E-state index in [1.54, 1.807) is 24.3 Å². The highest BCUT2D eigenvalue weighted by molar-refractivity contribution is 6.34. The number of unbranched alkanes of at least 4 members (excludes halogenated alkanes) is 1. The molecule has 2 aromatic rings. The number of fused-ring (bicyclic) bond motifs is 1. The summed E-state index contributed by atoms with van der Waals surface area (Å²) in [6, 6.07) is 6.96. The van der Waals surface area contributed by atoms with E-state index in [1.807, 2.05) is 6.92 Å². The first-order valence-corrected chi connectivity index (χ1v) is 6.47. The maximum absolute atomic E-state index is 11.8. The Labute approximate surface area is 116 Å². The normalized spacial score (nSPS) is 10.6. The molecule has 0 radical (unpaired) electrons. The molecule has 100 valence electrons. The summed E-state index contributed by atoms with van der Waals surface area (Å²) in [6.45, 7) is 2.30. The highest BCUT2D eigenvalue weighted by atomic mass is 35.5. The zero-order chi connectivity index (χ0) is 13.8. The minimum absolute atomic E-state index is 0.139. The number of esters is 1. The van der Waals surface area contributed by atoms with E-state index in [2.05, 4.69) is 4.98 Å². The fraction of sp³-hybridized carbons (Fsp3) is 0.286. The largest absolute Gasteiger partial charge is 0.505 e. The van der Waals surface area contributed by atoms with Gasteiger partial charge in [0.15, 0.2) is 11.4 Å². The molecule has 4 nitrogen and oxygen atoms in total. The maximum atomic E-state index is 11.8. The van der Waals surface area contributed by atoms with E-state index in [0.717, 1.165) is 12.8 Å². The molecule has 0 atom stereocenters. The van der Waals surface area contributed by atoms with Crippen molar-refractivity contribution >= 4 is 28.3 Å². The van der Waals surface area contributed by atoms with Gasteiger partial charge in [-0.3, -0.25) is 0 Å². The maximum Gasteiger partial charge on any atom is 0.360 e. The minimum atomic E-state index is -0.654. The number of aromatic hydroxyl groups is 1. The monoisotopic (exact) mass is 279 g/mol. The fourth-order valence-electron chi connectivity index (χ4n) is 1.73. The second-order valence-corrected chi connectivity index (χ2v) is 4.49. The Morgan fingerprint density at radius 2 is 2.05 bits per heavy atom. The van der Waals surface area contributed by atoms with Crippen molar-refractivity contribution in [1.82, 2.24) is 4.98 Å². The Morgan fingerprint density at radius 3 is 2.74 bits per heavy atom. The van der Waals surface area contributed by atoms with Crippen molar-refractivity contribution in [2.45, 2.75) is 19.8 Å². The average molecular weight is 280 g/mol. The number of nitrogens with zero attached hydrogens (tertiary/aromatic N) is 1. The second-order valence-electron chi connectivity index (χ2n) is 4.13. The minimum Gasteiger partial charge on any atom is -0.505 e. The molecule has 0 spiro atoms. The zero-order valence-electron chi connectivity index (χ0n) is 10.5. The molecule has 0 aliphatic rings. The Bertz CT molecular complexity index is 613. The lowest BCUT2D eigenvalue weighted by molar-refractivity contribution is 0.0489. The summed E-state index contributed by atoms with van der Waals surface area (Å²) in [7, 11) is 0. The van der Waals surface area contributed by atoms with Gasteiger partial charge in [0.25, 0.3) is 0 Å². The highest BCUT2D eigenvalue weighted by Crippen LogP contribution is 2.32. The van der Waals surface area contributed by atoms with Crippen molar-refractivity contribution in [3.8, 4) is 5.75 Å². The van der Waals surface area contributed by atoms with Crippen LogP contribution in [0.15, 0.2) is 24.3 Å². The first-order valence-electron chi connectivity index (χ1n) is 6.09. The van der Waals surface area contributed by atoms with Crippen molar-refractivity contribution < 1.29 is 14.6 Å². The Morgan fingerprint density at radius 1 is 1.37 bits per heavy atom. The third kappa shape index (κ3) is 2.79. The summed E-state index contributed by atoms with van der Waals surface area (Å²) in [6.07, 6.45) is 1.69. The van der Waals surface area contributed by atoms with Gasteiger partial charge < -0.3 is 9.84 Å². The van der Waals surface area contributed by atoms with Crippen LogP contribution in [0.2, 0.25) is 5.15 Å². The molecule has 5 heteroatoms. The number of ether oxygens (including phenoxy) is 1. The van der Waals surface area contributed by atoms with Crippen molar-refractivity contribution in [3.63, 3.8) is 0 Å². The number of hydrogen-bond donors (Lipinski definition) is 1. The van der Waals surface area contributed by atoms with Gasteiger partial charge in [0.2, 0.25) is 0 Å². The van der Waals surface area contributed by atoms with E-state index in [4.69, 9.17) is 16.3 Å². The van der Waals surface area contributed by atoms with E-state index >= 15 is 0 Å². The van der Waals surface area contributed by atoms with Gasteiger partial charge in [-0.2, -0.15) is 0 Å². The first-order chi connectivity index (χ1) is 9.15. The van der Waals surface area contributed by atoms with Crippen LogP contribution in [-0.2, 0) is 4.74 Å². The molecule has 19 heavy (non-hydrogen) atoms. The van der Waals surface area contributed by atoms with Crippen molar-refractivity contribution in [2.24, 2.45) is 0 Å². The molecule has 1 aromatic carbocycles. The number of carbonyl (C=O) groups is 1. The fourth-order valence-corrected chi connectivity index (χ4v) is 1.98. The molecule has 0 bridgehead atoms. The average Bonchev–Trinajstić information content (AvgIpc) is 2.43. The van der Waals surface area contributed by atoms with E-state index in [0.29, 0.717) is 17.4 Å². The Hall–Kier alpha value is -1.81. The molecule has 2 rings (SSSR count). The standard InChI is InChI=1S/C14H14ClNO3/c1-2-3-8-19-14(18)11-12(17)9-6-4-5-7-10(9)13(15)16-11/h4-7,17H,2-3,8H2,1H3. The summed E-state index contributed by atoms with van der Waals surface area (Å²) in [4.78, 5) is 15.8. The molecule has 0 saturated carbocycles. The van der Waals surface area contributed by atoms with Gasteiger partial charge in [-0.05, 0) is 6.42 Å². The van der Waals surface area contributed by atoms with Gasteiger partial charge in [-0.1, -0.05) is 49.2 Å². The van der Waals surface area contributed by atoms with E-state index < -0.39 is 5.97 Å². The Kier molecular flexibility index (Phi) is 4.22. The first kappa shape index (κ1) is 13.6. The lowest BCUT2D eigenvalue weighted by Crippen LogP contribution is -2.09. The lowest BCUT2D eigenvalue weighted by atomic mass is 10.1. The lowest BCUT2D eigenvalue weighted by Gasteiger charge is -2.08. The molecule has 1 aromatic heterocycles. The van der Waals surface area contributed by atoms with Crippen LogP contribution in [-0.4, -0.2) is 22.7 Å². The summed E-state index contributed by atoms with van der Waals surface area (Å²) < 4.78 is 5.03. The zero-order valence-corrected chi connectivity index (χ0v) is 11.3. The van der Waals surface area contributed by atoms with E-state index in [-0.39, 0.29) is 16.6 Å². The van der Waals surface area contributed by atoms with Gasteiger partial charge in [-0.15, -0.1) is 0 Å².